The zero-order chi connectivity index (χ0) is 34.1. The van der Waals surface area contributed by atoms with E-state index >= 15 is 0 Å². The minimum absolute atomic E-state index is 0.907. The molecule has 0 aromatic heterocycles. The number of halogens is 3. The van der Waals surface area contributed by atoms with Gasteiger partial charge in [-0.3, -0.25) is 23.4 Å². The lowest BCUT2D eigenvalue weighted by Gasteiger charge is -2.31. The van der Waals surface area contributed by atoms with E-state index in [2.05, 4.69) is 4.18 Å². The van der Waals surface area contributed by atoms with Gasteiger partial charge in [0.05, 0.1) is 21.7 Å². The average Bonchev–Trinajstić information content (AvgIpc) is 3.09. The Morgan fingerprint density at radius 1 is 0.651 bits per heavy atom. The number of hydrogen-bond donors (Lipinski definition) is 0. The second-order valence-electron chi connectivity index (χ2n) is 14.2. The van der Waals surface area contributed by atoms with Crippen molar-refractivity contribution in [3.05, 3.63) is 0 Å². The summed E-state index contributed by atoms with van der Waals surface area (Å²) in [5.41, 5.74) is -10.6. The normalized spacial score (nSPS) is 22.9. The standard InChI is InChI=1S/C27H43F3O12S/c1-23(2,3)19(31)37-13-14(42-43(35,36)27(28,29)30)15-16(39-20(32)24(4,5)6)17(40-21(33)25(7,8)9)18(38-15)41-22(34)26(10,11)12/h14-18H,13H2,1-12H3/t14-,15+,16+,17-,18-/m1/s1. The molecule has 0 bridgehead atoms. The fourth-order valence-corrected chi connectivity index (χ4v) is 3.55. The molecule has 1 rings (SSSR count). The van der Waals surface area contributed by atoms with E-state index in [0.717, 1.165) is 0 Å². The second kappa shape index (κ2) is 12.9. The van der Waals surface area contributed by atoms with Crippen LogP contribution in [0.5, 0.6) is 0 Å². The van der Waals surface area contributed by atoms with Gasteiger partial charge in [-0.05, 0) is 83.1 Å². The molecule has 0 aliphatic carbocycles. The summed E-state index contributed by atoms with van der Waals surface area (Å²) < 4.78 is 96.1. The van der Waals surface area contributed by atoms with Crippen molar-refractivity contribution in [2.24, 2.45) is 21.7 Å². The third-order valence-electron chi connectivity index (χ3n) is 5.64. The lowest BCUT2D eigenvalue weighted by Crippen LogP contribution is -2.50. The molecule has 0 spiro atoms. The van der Waals surface area contributed by atoms with Crippen LogP contribution in [-0.2, 0) is 57.2 Å². The first-order valence-electron chi connectivity index (χ1n) is 13.3. The Bertz CT molecular complexity index is 1150. The van der Waals surface area contributed by atoms with Gasteiger partial charge in [-0.1, -0.05) is 0 Å². The number of carbonyl (C=O) groups is 4. The smallest absolute Gasteiger partial charge is 0.462 e. The van der Waals surface area contributed by atoms with Gasteiger partial charge in [-0.25, -0.2) is 0 Å². The molecule has 12 nitrogen and oxygen atoms in total. The van der Waals surface area contributed by atoms with Gasteiger partial charge in [-0.2, -0.15) is 21.6 Å². The van der Waals surface area contributed by atoms with E-state index in [4.69, 9.17) is 23.7 Å². The number of esters is 4. The first-order valence-corrected chi connectivity index (χ1v) is 14.8. The molecule has 1 saturated heterocycles. The fraction of sp³-hybridized carbons (Fsp3) is 0.852. The maximum absolute atomic E-state index is 13.4. The summed E-state index contributed by atoms with van der Waals surface area (Å²) in [5, 5.41) is 0. The third kappa shape index (κ3) is 10.6. The van der Waals surface area contributed by atoms with Crippen LogP contribution in [-0.4, -0.2) is 75.1 Å². The largest absolute Gasteiger partial charge is 0.523 e. The van der Waals surface area contributed by atoms with Crippen molar-refractivity contribution in [1.82, 2.24) is 0 Å². The highest BCUT2D eigenvalue weighted by atomic mass is 32.2. The molecule has 0 unspecified atom stereocenters. The summed E-state index contributed by atoms with van der Waals surface area (Å²) in [6, 6.07) is 0. The molecule has 0 saturated carbocycles. The second-order valence-corrected chi connectivity index (χ2v) is 15.8. The van der Waals surface area contributed by atoms with E-state index in [9.17, 15) is 40.8 Å². The summed E-state index contributed by atoms with van der Waals surface area (Å²) >= 11 is 0. The van der Waals surface area contributed by atoms with Crippen LogP contribution in [0.1, 0.15) is 83.1 Å². The van der Waals surface area contributed by atoms with E-state index in [1.165, 1.54) is 83.1 Å². The van der Waals surface area contributed by atoms with Crippen LogP contribution in [0.2, 0.25) is 0 Å². The summed E-state index contributed by atoms with van der Waals surface area (Å²) in [6.45, 7) is 16.3. The highest BCUT2D eigenvalue weighted by molar-refractivity contribution is 7.87. The lowest BCUT2D eigenvalue weighted by molar-refractivity contribution is -0.210. The molecule has 16 heteroatoms. The molecule has 250 valence electrons. The van der Waals surface area contributed by atoms with Crippen LogP contribution >= 0.6 is 0 Å². The van der Waals surface area contributed by atoms with E-state index in [1.807, 2.05) is 0 Å². The van der Waals surface area contributed by atoms with Gasteiger partial charge in [0.2, 0.25) is 12.4 Å². The highest BCUT2D eigenvalue weighted by Crippen LogP contribution is 2.37. The van der Waals surface area contributed by atoms with Crippen LogP contribution in [0.25, 0.3) is 0 Å². The van der Waals surface area contributed by atoms with Gasteiger partial charge < -0.3 is 23.7 Å². The number of hydrogen-bond acceptors (Lipinski definition) is 12. The molecule has 43 heavy (non-hydrogen) atoms. The highest BCUT2D eigenvalue weighted by Gasteiger charge is 2.59. The maximum Gasteiger partial charge on any atom is 0.523 e. The molecule has 1 aliphatic heterocycles. The molecular formula is C27H43F3O12S. The summed E-state index contributed by atoms with van der Waals surface area (Å²) in [6.07, 6.45) is -9.93. The Hall–Kier alpha value is -2.46. The summed E-state index contributed by atoms with van der Waals surface area (Å²) in [7, 11) is -6.35. The van der Waals surface area contributed by atoms with Crippen molar-refractivity contribution < 1.29 is 68.6 Å². The maximum atomic E-state index is 13.4. The van der Waals surface area contributed by atoms with Crippen molar-refractivity contribution >= 4 is 34.0 Å². The Kier molecular flexibility index (Phi) is 11.5. The van der Waals surface area contributed by atoms with E-state index in [1.54, 1.807) is 0 Å². The van der Waals surface area contributed by atoms with E-state index < -0.39 is 98.5 Å². The monoisotopic (exact) mass is 648 g/mol. The van der Waals surface area contributed by atoms with Crippen LogP contribution in [0.3, 0.4) is 0 Å². The van der Waals surface area contributed by atoms with Crippen molar-refractivity contribution in [3.8, 4) is 0 Å². The third-order valence-corrected chi connectivity index (χ3v) is 6.71. The molecule has 1 fully saturated rings. The molecule has 0 N–H and O–H groups in total. The number of rotatable bonds is 8. The van der Waals surface area contributed by atoms with Crippen LogP contribution in [0.15, 0.2) is 0 Å². The van der Waals surface area contributed by atoms with Crippen molar-refractivity contribution in [3.63, 3.8) is 0 Å². The molecule has 1 aliphatic rings. The van der Waals surface area contributed by atoms with Crippen LogP contribution < -0.4 is 0 Å². The Balaban J connectivity index is 3.82. The van der Waals surface area contributed by atoms with Gasteiger partial charge >= 0.3 is 39.5 Å². The first-order chi connectivity index (χ1) is 18.9. The Morgan fingerprint density at radius 2 is 1.02 bits per heavy atom. The van der Waals surface area contributed by atoms with Crippen LogP contribution in [0, 0.1) is 21.7 Å². The molecular weight excluding hydrogens is 605 g/mol. The predicted molar refractivity (Wildman–Crippen MR) is 143 cm³/mol. The fourth-order valence-electron chi connectivity index (χ4n) is 2.95. The lowest BCUT2D eigenvalue weighted by atomic mass is 9.95. The summed E-state index contributed by atoms with van der Waals surface area (Å²) in [4.78, 5) is 51.2. The molecule has 0 aromatic rings. The number of ether oxygens (including phenoxy) is 5. The number of carbonyl (C=O) groups excluding carboxylic acids is 4. The SMILES string of the molecule is CC(C)(C)C(=O)OC[C@@H](OS(=O)(=O)C(F)(F)F)[C@@H]1O[C@H](OC(=O)C(C)(C)C)[C@H](OC(=O)C(C)(C)C)[C@H]1OC(=O)C(C)(C)C. The quantitative estimate of drug-likeness (QED) is 0.161. The van der Waals surface area contributed by atoms with E-state index in [0.29, 0.717) is 0 Å². The Labute approximate surface area is 250 Å². The van der Waals surface area contributed by atoms with Crippen LogP contribution in [0.4, 0.5) is 13.2 Å². The topological polar surface area (TPSA) is 158 Å². The van der Waals surface area contributed by atoms with Crippen molar-refractivity contribution in [2.45, 2.75) is 119 Å². The molecule has 0 aromatic carbocycles. The zero-order valence-corrected chi connectivity index (χ0v) is 27.4. The van der Waals surface area contributed by atoms with Gasteiger partial charge in [-0.15, -0.1) is 0 Å². The Morgan fingerprint density at radius 3 is 1.40 bits per heavy atom. The predicted octanol–water partition coefficient (Wildman–Crippen LogP) is 4.04. The minimum atomic E-state index is -6.35. The molecule has 0 radical (unpaired) electrons. The van der Waals surface area contributed by atoms with Crippen molar-refractivity contribution in [2.75, 3.05) is 6.61 Å². The molecule has 1 heterocycles. The first kappa shape index (κ1) is 38.6. The number of alkyl halides is 3. The van der Waals surface area contributed by atoms with Gasteiger partial charge in [0.15, 0.2) is 6.10 Å². The van der Waals surface area contributed by atoms with Gasteiger partial charge in [0.1, 0.15) is 18.8 Å². The molecule has 5 atom stereocenters. The zero-order valence-electron chi connectivity index (χ0n) is 26.5. The van der Waals surface area contributed by atoms with Gasteiger partial charge in [0, 0.05) is 0 Å². The van der Waals surface area contributed by atoms with Gasteiger partial charge in [0.25, 0.3) is 0 Å². The summed E-state index contributed by atoms with van der Waals surface area (Å²) in [5.74, 6) is -3.72. The molecule has 0 amide bonds. The van der Waals surface area contributed by atoms with E-state index in [-0.39, 0.29) is 0 Å². The average molecular weight is 649 g/mol. The minimum Gasteiger partial charge on any atom is -0.462 e. The van der Waals surface area contributed by atoms with Crippen molar-refractivity contribution in [1.29, 1.82) is 0 Å².